The molecule has 2 heterocycles. The fraction of sp³-hybridized carbons (Fsp3) is 0.471. The van der Waals surface area contributed by atoms with Gasteiger partial charge in [-0.05, 0) is 50.8 Å². The lowest BCUT2D eigenvalue weighted by molar-refractivity contribution is 0.376. The molecule has 1 fully saturated rings. The minimum Gasteiger partial charge on any atom is -0.361 e. The third-order valence-corrected chi connectivity index (χ3v) is 6.49. The van der Waals surface area contributed by atoms with Gasteiger partial charge in [0.1, 0.15) is 5.76 Å². The van der Waals surface area contributed by atoms with Crippen LogP contribution in [-0.2, 0) is 16.4 Å². The zero-order valence-electron chi connectivity index (χ0n) is 13.7. The van der Waals surface area contributed by atoms with Crippen LogP contribution in [0.15, 0.2) is 33.7 Å². The van der Waals surface area contributed by atoms with E-state index in [2.05, 4.69) is 12.1 Å². The van der Waals surface area contributed by atoms with Crippen molar-refractivity contribution in [1.29, 1.82) is 0 Å². The Kier molecular flexibility index (Phi) is 4.29. The third-order valence-electron chi connectivity index (χ3n) is 4.56. The van der Waals surface area contributed by atoms with E-state index in [1.54, 1.807) is 16.4 Å². The second-order valence-electron chi connectivity index (χ2n) is 6.01. The van der Waals surface area contributed by atoms with E-state index in [9.17, 15) is 8.42 Å². The van der Waals surface area contributed by atoms with Gasteiger partial charge in [-0.2, -0.15) is 4.31 Å². The zero-order chi connectivity index (χ0) is 16.6. The van der Waals surface area contributed by atoms with E-state index in [0.717, 1.165) is 36.1 Å². The third kappa shape index (κ3) is 2.81. The van der Waals surface area contributed by atoms with E-state index in [0.29, 0.717) is 17.2 Å². The highest BCUT2D eigenvalue weighted by Gasteiger charge is 2.38. The van der Waals surface area contributed by atoms with Gasteiger partial charge >= 0.3 is 0 Å². The van der Waals surface area contributed by atoms with Crippen LogP contribution < -0.4 is 0 Å². The van der Waals surface area contributed by atoms with Gasteiger partial charge < -0.3 is 4.52 Å². The highest BCUT2D eigenvalue weighted by atomic mass is 32.2. The Morgan fingerprint density at radius 3 is 2.52 bits per heavy atom. The summed E-state index contributed by atoms with van der Waals surface area (Å²) in [6.45, 7) is 6.30. The zero-order valence-corrected chi connectivity index (χ0v) is 14.6. The molecule has 0 amide bonds. The lowest BCUT2D eigenvalue weighted by atomic mass is 10.0. The van der Waals surface area contributed by atoms with Gasteiger partial charge in [0, 0.05) is 12.1 Å². The summed E-state index contributed by atoms with van der Waals surface area (Å²) < 4.78 is 32.9. The molecule has 1 atom stereocenters. The Morgan fingerprint density at radius 1 is 1.26 bits per heavy atom. The SMILES string of the molecule is CCc1ccc(S(=O)(=O)N2CCC[C@@H]2c2c(C)noc2C)cc1. The van der Waals surface area contributed by atoms with E-state index in [-0.39, 0.29) is 6.04 Å². The number of hydrogen-bond acceptors (Lipinski definition) is 4. The van der Waals surface area contributed by atoms with Gasteiger partial charge in [0.2, 0.25) is 10.0 Å². The minimum atomic E-state index is -3.51. The molecule has 0 bridgehead atoms. The van der Waals surface area contributed by atoms with Crippen molar-refractivity contribution >= 4 is 10.0 Å². The van der Waals surface area contributed by atoms with E-state index >= 15 is 0 Å². The molecule has 3 rings (SSSR count). The highest BCUT2D eigenvalue weighted by Crippen LogP contribution is 2.39. The summed E-state index contributed by atoms with van der Waals surface area (Å²) in [5.41, 5.74) is 2.82. The number of aryl methyl sites for hydroxylation is 3. The Balaban J connectivity index is 1.98. The summed E-state index contributed by atoms with van der Waals surface area (Å²) in [4.78, 5) is 0.355. The van der Waals surface area contributed by atoms with Crippen LogP contribution in [0.3, 0.4) is 0 Å². The van der Waals surface area contributed by atoms with E-state index in [1.165, 1.54) is 0 Å². The summed E-state index contributed by atoms with van der Waals surface area (Å²) >= 11 is 0. The van der Waals surface area contributed by atoms with Gasteiger partial charge in [-0.25, -0.2) is 8.42 Å². The first-order valence-electron chi connectivity index (χ1n) is 7.98. The van der Waals surface area contributed by atoms with Crippen molar-refractivity contribution in [3.63, 3.8) is 0 Å². The largest absolute Gasteiger partial charge is 0.361 e. The fourth-order valence-corrected chi connectivity index (χ4v) is 4.98. The number of rotatable bonds is 4. The topological polar surface area (TPSA) is 63.4 Å². The number of benzene rings is 1. The molecular formula is C17H22N2O3S. The van der Waals surface area contributed by atoms with Crippen LogP contribution >= 0.6 is 0 Å². The van der Waals surface area contributed by atoms with Crippen LogP contribution in [0.4, 0.5) is 0 Å². The fourth-order valence-electron chi connectivity index (χ4n) is 3.31. The molecule has 2 aromatic rings. The molecule has 1 aromatic heterocycles. The molecule has 5 nitrogen and oxygen atoms in total. The van der Waals surface area contributed by atoms with Crippen LogP contribution in [0.25, 0.3) is 0 Å². The number of sulfonamides is 1. The second-order valence-corrected chi connectivity index (χ2v) is 7.90. The van der Waals surface area contributed by atoms with Crippen LogP contribution in [0, 0.1) is 13.8 Å². The molecule has 0 saturated carbocycles. The van der Waals surface area contributed by atoms with Crippen molar-refractivity contribution in [3.05, 3.63) is 46.8 Å². The van der Waals surface area contributed by atoms with E-state index in [1.807, 2.05) is 26.0 Å². The van der Waals surface area contributed by atoms with Crippen molar-refractivity contribution in [2.24, 2.45) is 0 Å². The summed E-state index contributed by atoms with van der Waals surface area (Å²) in [6.07, 6.45) is 2.54. The summed E-state index contributed by atoms with van der Waals surface area (Å²) in [6, 6.07) is 6.99. The smallest absolute Gasteiger partial charge is 0.243 e. The van der Waals surface area contributed by atoms with E-state index in [4.69, 9.17) is 4.52 Å². The lowest BCUT2D eigenvalue weighted by Gasteiger charge is -2.24. The molecule has 0 N–H and O–H groups in total. The lowest BCUT2D eigenvalue weighted by Crippen LogP contribution is -2.31. The van der Waals surface area contributed by atoms with Gasteiger partial charge in [-0.3, -0.25) is 0 Å². The first-order valence-corrected chi connectivity index (χ1v) is 9.42. The van der Waals surface area contributed by atoms with Gasteiger partial charge in [0.25, 0.3) is 0 Å². The van der Waals surface area contributed by atoms with Gasteiger partial charge in [-0.15, -0.1) is 0 Å². The minimum absolute atomic E-state index is 0.183. The summed E-state index contributed by atoms with van der Waals surface area (Å²) in [5.74, 6) is 0.705. The van der Waals surface area contributed by atoms with Gasteiger partial charge in [-0.1, -0.05) is 24.2 Å². The van der Waals surface area contributed by atoms with Crippen LogP contribution in [0.5, 0.6) is 0 Å². The maximum absolute atomic E-state index is 13.0. The second kappa shape index (κ2) is 6.09. The molecule has 1 aliphatic rings. The van der Waals surface area contributed by atoms with Gasteiger partial charge in [0.05, 0.1) is 16.6 Å². The molecule has 1 saturated heterocycles. The number of hydrogen-bond donors (Lipinski definition) is 0. The molecule has 1 aromatic carbocycles. The average molecular weight is 334 g/mol. The predicted molar refractivity (Wildman–Crippen MR) is 87.7 cm³/mol. The molecule has 0 spiro atoms. The van der Waals surface area contributed by atoms with Gasteiger partial charge in [0.15, 0.2) is 0 Å². The highest BCUT2D eigenvalue weighted by molar-refractivity contribution is 7.89. The van der Waals surface area contributed by atoms with Crippen LogP contribution in [0.1, 0.15) is 48.4 Å². The Hall–Kier alpha value is -1.66. The van der Waals surface area contributed by atoms with Crippen molar-refractivity contribution < 1.29 is 12.9 Å². The first kappa shape index (κ1) is 16.2. The molecule has 23 heavy (non-hydrogen) atoms. The molecule has 0 radical (unpaired) electrons. The van der Waals surface area contributed by atoms with E-state index < -0.39 is 10.0 Å². The van der Waals surface area contributed by atoms with Crippen LogP contribution in [-0.4, -0.2) is 24.4 Å². The molecule has 1 aliphatic heterocycles. The number of nitrogens with zero attached hydrogens (tertiary/aromatic N) is 2. The molecular weight excluding hydrogens is 312 g/mol. The quantitative estimate of drug-likeness (QED) is 0.860. The monoisotopic (exact) mass is 334 g/mol. The van der Waals surface area contributed by atoms with Crippen LogP contribution in [0.2, 0.25) is 0 Å². The standard InChI is InChI=1S/C17H22N2O3S/c1-4-14-7-9-15(10-8-14)23(20,21)19-11-5-6-16(19)17-12(2)18-22-13(17)3/h7-10,16H,4-6,11H2,1-3H3/t16-/m1/s1. The molecule has 6 heteroatoms. The predicted octanol–water partition coefficient (Wildman–Crippen LogP) is 3.38. The van der Waals surface area contributed by atoms with Crippen molar-refractivity contribution in [2.45, 2.75) is 51.0 Å². The Labute approximate surface area is 137 Å². The van der Waals surface area contributed by atoms with Crippen molar-refractivity contribution in [1.82, 2.24) is 9.46 Å². The maximum Gasteiger partial charge on any atom is 0.243 e. The van der Waals surface area contributed by atoms with Crippen molar-refractivity contribution in [2.75, 3.05) is 6.54 Å². The summed E-state index contributed by atoms with van der Waals surface area (Å²) in [5, 5.41) is 3.98. The normalized spacial score (nSPS) is 19.3. The Morgan fingerprint density at radius 2 is 1.96 bits per heavy atom. The maximum atomic E-state index is 13.0. The number of aromatic nitrogens is 1. The Bertz CT molecular complexity index is 774. The molecule has 124 valence electrons. The first-order chi connectivity index (χ1) is 10.9. The molecule has 0 aliphatic carbocycles. The average Bonchev–Trinajstić information content (AvgIpc) is 3.14. The van der Waals surface area contributed by atoms with Crippen molar-refractivity contribution in [3.8, 4) is 0 Å². The molecule has 0 unspecified atom stereocenters. The summed E-state index contributed by atoms with van der Waals surface area (Å²) in [7, 11) is -3.51.